The third kappa shape index (κ3) is 2.88. The third-order valence-corrected chi connectivity index (χ3v) is 3.38. The Morgan fingerprint density at radius 1 is 1.25 bits per heavy atom. The number of likely N-dealkylation sites (N-methyl/N-ethyl adjacent to an activating group) is 1. The van der Waals surface area contributed by atoms with Gasteiger partial charge in [0.2, 0.25) is 0 Å². The first-order valence-electron chi connectivity index (χ1n) is 6.75. The van der Waals surface area contributed by atoms with E-state index in [2.05, 4.69) is 17.3 Å². The number of hydrogen-bond donors (Lipinski definition) is 1. The minimum atomic E-state index is -0.603. The molecule has 5 heteroatoms. The fraction of sp³-hybridized carbons (Fsp3) is 0.400. The summed E-state index contributed by atoms with van der Waals surface area (Å²) in [6.07, 6.45) is 0.842. The van der Waals surface area contributed by atoms with E-state index in [-0.39, 0.29) is 5.69 Å². The average molecular weight is 279 g/mol. The van der Waals surface area contributed by atoms with Gasteiger partial charge in [0, 0.05) is 11.8 Å². The highest BCUT2D eigenvalue weighted by Gasteiger charge is 2.15. The van der Waals surface area contributed by atoms with E-state index in [1.165, 1.54) is 12.1 Å². The lowest BCUT2D eigenvalue weighted by atomic mass is 10.1. The summed E-state index contributed by atoms with van der Waals surface area (Å²) in [6.45, 7) is 7.64. The molecule has 0 aliphatic carbocycles. The van der Waals surface area contributed by atoms with Crippen LogP contribution in [-0.4, -0.2) is 22.9 Å². The van der Waals surface area contributed by atoms with Crippen molar-refractivity contribution in [2.24, 2.45) is 0 Å². The fourth-order valence-electron chi connectivity index (χ4n) is 2.31. The normalized spacial score (nSPS) is 11.1. The Hall–Kier alpha value is -1.75. The number of aromatic nitrogens is 2. The lowest BCUT2D eigenvalue weighted by molar-refractivity contribution is 0.572. The Bertz CT molecular complexity index is 605. The van der Waals surface area contributed by atoms with Crippen molar-refractivity contribution in [3.8, 4) is 5.69 Å². The minimum Gasteiger partial charge on any atom is -0.317 e. The fourth-order valence-corrected chi connectivity index (χ4v) is 2.31. The maximum Gasteiger partial charge on any atom is 0.151 e. The highest BCUT2D eigenvalue weighted by Crippen LogP contribution is 2.21. The van der Waals surface area contributed by atoms with Crippen molar-refractivity contribution in [3.63, 3.8) is 0 Å². The zero-order chi connectivity index (χ0) is 14.7. The van der Waals surface area contributed by atoms with Crippen molar-refractivity contribution in [3.05, 3.63) is 46.8 Å². The van der Waals surface area contributed by atoms with E-state index in [0.29, 0.717) is 0 Å². The van der Waals surface area contributed by atoms with Gasteiger partial charge in [-0.15, -0.1) is 0 Å². The summed E-state index contributed by atoms with van der Waals surface area (Å²) < 4.78 is 28.4. The summed E-state index contributed by atoms with van der Waals surface area (Å²) in [7, 11) is 0. The highest BCUT2D eigenvalue weighted by molar-refractivity contribution is 5.38. The van der Waals surface area contributed by atoms with E-state index in [0.717, 1.165) is 42.5 Å². The molecule has 0 bridgehead atoms. The number of halogens is 2. The van der Waals surface area contributed by atoms with E-state index < -0.39 is 11.6 Å². The Kier molecular flexibility index (Phi) is 4.49. The Labute approximate surface area is 117 Å². The van der Waals surface area contributed by atoms with Gasteiger partial charge in [-0.1, -0.05) is 6.92 Å². The first kappa shape index (κ1) is 14.7. The summed E-state index contributed by atoms with van der Waals surface area (Å²) in [5.41, 5.74) is 3.16. The summed E-state index contributed by atoms with van der Waals surface area (Å²) in [5.74, 6) is -1.19. The van der Waals surface area contributed by atoms with Crippen LogP contribution in [0.4, 0.5) is 8.78 Å². The smallest absolute Gasteiger partial charge is 0.151 e. The van der Waals surface area contributed by atoms with Crippen LogP contribution in [0.5, 0.6) is 0 Å². The van der Waals surface area contributed by atoms with Crippen molar-refractivity contribution in [1.82, 2.24) is 15.1 Å². The van der Waals surface area contributed by atoms with Crippen LogP contribution in [0, 0.1) is 25.5 Å². The van der Waals surface area contributed by atoms with Gasteiger partial charge in [-0.3, -0.25) is 0 Å². The lowest BCUT2D eigenvalue weighted by Crippen LogP contribution is -2.16. The van der Waals surface area contributed by atoms with Crippen LogP contribution in [0.2, 0.25) is 0 Å². The maximum atomic E-state index is 13.9. The highest BCUT2D eigenvalue weighted by atomic mass is 19.1. The molecule has 1 aromatic heterocycles. The number of nitrogens with zero attached hydrogens (tertiary/aromatic N) is 2. The van der Waals surface area contributed by atoms with E-state index >= 15 is 0 Å². The van der Waals surface area contributed by atoms with Crippen molar-refractivity contribution >= 4 is 0 Å². The van der Waals surface area contributed by atoms with Crippen LogP contribution >= 0.6 is 0 Å². The summed E-state index contributed by atoms with van der Waals surface area (Å²) >= 11 is 0. The molecule has 0 amide bonds. The van der Waals surface area contributed by atoms with Crippen molar-refractivity contribution < 1.29 is 8.78 Å². The molecule has 108 valence electrons. The van der Waals surface area contributed by atoms with Crippen LogP contribution in [0.3, 0.4) is 0 Å². The second kappa shape index (κ2) is 6.13. The second-order valence-electron chi connectivity index (χ2n) is 4.76. The zero-order valence-electron chi connectivity index (χ0n) is 12.0. The Morgan fingerprint density at radius 2 is 2.00 bits per heavy atom. The predicted molar refractivity (Wildman–Crippen MR) is 75.2 cm³/mol. The molecular weight excluding hydrogens is 260 g/mol. The molecule has 0 unspecified atom stereocenters. The largest absolute Gasteiger partial charge is 0.317 e. The van der Waals surface area contributed by atoms with E-state index in [4.69, 9.17) is 0 Å². The monoisotopic (exact) mass is 279 g/mol. The van der Waals surface area contributed by atoms with Gasteiger partial charge in [0.1, 0.15) is 11.5 Å². The molecular formula is C15H19F2N3. The maximum absolute atomic E-state index is 13.9. The molecule has 0 saturated carbocycles. The standard InChI is InChI=1S/C15H19F2N3/c1-4-18-8-7-13-10(2)19-20(11(13)3)15-6-5-12(16)9-14(15)17/h5-6,9,18H,4,7-8H2,1-3H3. The van der Waals surface area contributed by atoms with Crippen LogP contribution in [0.1, 0.15) is 23.9 Å². The molecule has 1 aromatic carbocycles. The van der Waals surface area contributed by atoms with Gasteiger partial charge >= 0.3 is 0 Å². The van der Waals surface area contributed by atoms with Gasteiger partial charge in [-0.25, -0.2) is 13.5 Å². The van der Waals surface area contributed by atoms with Gasteiger partial charge in [-0.05, 0) is 51.1 Å². The molecule has 2 aromatic rings. The summed E-state index contributed by atoms with van der Waals surface area (Å²) in [4.78, 5) is 0. The van der Waals surface area contributed by atoms with Crippen LogP contribution in [-0.2, 0) is 6.42 Å². The van der Waals surface area contributed by atoms with Gasteiger partial charge in [-0.2, -0.15) is 5.10 Å². The van der Waals surface area contributed by atoms with E-state index in [1.54, 1.807) is 4.68 Å². The molecule has 0 saturated heterocycles. The van der Waals surface area contributed by atoms with Crippen LogP contribution < -0.4 is 5.32 Å². The second-order valence-corrected chi connectivity index (χ2v) is 4.76. The van der Waals surface area contributed by atoms with Crippen molar-refractivity contribution in [2.45, 2.75) is 27.2 Å². The third-order valence-electron chi connectivity index (χ3n) is 3.38. The molecule has 0 aliphatic rings. The quantitative estimate of drug-likeness (QED) is 0.853. The summed E-state index contributed by atoms with van der Waals surface area (Å²) in [6, 6.07) is 3.54. The van der Waals surface area contributed by atoms with Gasteiger partial charge in [0.15, 0.2) is 5.82 Å². The van der Waals surface area contributed by atoms with Crippen molar-refractivity contribution in [1.29, 1.82) is 0 Å². The number of rotatable bonds is 5. The molecule has 3 nitrogen and oxygen atoms in total. The number of benzene rings is 1. The van der Waals surface area contributed by atoms with Gasteiger partial charge in [0.05, 0.1) is 5.69 Å². The molecule has 2 rings (SSSR count). The first-order chi connectivity index (χ1) is 9.54. The molecule has 0 spiro atoms. The molecule has 0 aliphatic heterocycles. The number of nitrogens with one attached hydrogen (secondary N) is 1. The molecule has 0 fully saturated rings. The average Bonchev–Trinajstić information content (AvgIpc) is 2.67. The molecule has 20 heavy (non-hydrogen) atoms. The van der Waals surface area contributed by atoms with Crippen LogP contribution in [0.25, 0.3) is 5.69 Å². The van der Waals surface area contributed by atoms with Gasteiger partial charge in [0.25, 0.3) is 0 Å². The predicted octanol–water partition coefficient (Wildman–Crippen LogP) is 2.92. The first-order valence-corrected chi connectivity index (χ1v) is 6.75. The van der Waals surface area contributed by atoms with E-state index in [1.807, 2.05) is 13.8 Å². The molecule has 0 radical (unpaired) electrons. The molecule has 0 atom stereocenters. The SMILES string of the molecule is CCNCCc1c(C)nn(-c2ccc(F)cc2F)c1C. The number of aryl methyl sites for hydroxylation is 1. The summed E-state index contributed by atoms with van der Waals surface area (Å²) in [5, 5.41) is 7.63. The van der Waals surface area contributed by atoms with E-state index in [9.17, 15) is 8.78 Å². The minimum absolute atomic E-state index is 0.279. The lowest BCUT2D eigenvalue weighted by Gasteiger charge is -2.07. The number of hydrogen-bond acceptors (Lipinski definition) is 2. The molecule has 1 N–H and O–H groups in total. The Balaban J connectivity index is 2.35. The Morgan fingerprint density at radius 3 is 2.65 bits per heavy atom. The molecule has 1 heterocycles. The topological polar surface area (TPSA) is 29.9 Å². The zero-order valence-corrected chi connectivity index (χ0v) is 12.0. The van der Waals surface area contributed by atoms with Gasteiger partial charge < -0.3 is 5.32 Å². The van der Waals surface area contributed by atoms with Crippen LogP contribution in [0.15, 0.2) is 18.2 Å². The van der Waals surface area contributed by atoms with Crippen molar-refractivity contribution in [2.75, 3.05) is 13.1 Å².